The van der Waals surface area contributed by atoms with Gasteiger partial charge in [0.05, 0.1) is 12.5 Å². The van der Waals surface area contributed by atoms with E-state index in [1.54, 1.807) is 6.92 Å². The number of ketones is 1. The zero-order valence-corrected chi connectivity index (χ0v) is 9.94. The number of rotatable bonds is 2. The first-order valence-corrected chi connectivity index (χ1v) is 6.00. The van der Waals surface area contributed by atoms with Gasteiger partial charge in [-0.2, -0.15) is 0 Å². The number of carbonyl (C=O) groups excluding carboxylic acids is 2. The molecule has 1 aromatic carbocycles. The van der Waals surface area contributed by atoms with E-state index in [2.05, 4.69) is 0 Å². The molecular formula is C14H16O3. The van der Waals surface area contributed by atoms with E-state index in [0.717, 1.165) is 17.5 Å². The monoisotopic (exact) mass is 232 g/mol. The molecule has 1 unspecified atom stereocenters. The fraction of sp³-hybridized carbons (Fsp3) is 0.429. The highest BCUT2D eigenvalue weighted by Gasteiger charge is 2.27. The maximum absolute atomic E-state index is 12.0. The van der Waals surface area contributed by atoms with Crippen LogP contribution in [0.2, 0.25) is 0 Å². The predicted octanol–water partition coefficient (Wildman–Crippen LogP) is 2.38. The van der Waals surface area contributed by atoms with Crippen molar-refractivity contribution < 1.29 is 14.3 Å². The zero-order chi connectivity index (χ0) is 12.3. The fourth-order valence-corrected chi connectivity index (χ4v) is 2.24. The van der Waals surface area contributed by atoms with Gasteiger partial charge in [0, 0.05) is 12.0 Å². The Bertz CT molecular complexity index is 437. The van der Waals surface area contributed by atoms with Crippen molar-refractivity contribution in [3.63, 3.8) is 0 Å². The molecule has 0 aromatic heterocycles. The van der Waals surface area contributed by atoms with Gasteiger partial charge in [0.25, 0.3) is 0 Å². The van der Waals surface area contributed by atoms with E-state index in [9.17, 15) is 9.59 Å². The second-order valence-electron chi connectivity index (χ2n) is 4.27. The first-order chi connectivity index (χ1) is 8.22. The molecule has 1 aliphatic rings. The molecule has 0 spiro atoms. The Hall–Kier alpha value is -1.64. The maximum Gasteiger partial charge on any atom is 0.309 e. The Morgan fingerprint density at radius 2 is 2.18 bits per heavy atom. The van der Waals surface area contributed by atoms with Crippen molar-refractivity contribution in [1.29, 1.82) is 0 Å². The molecule has 1 aromatic rings. The Morgan fingerprint density at radius 3 is 2.94 bits per heavy atom. The number of hydrogen-bond donors (Lipinski definition) is 0. The number of Topliss-reactive ketones (excluding diaryl/α,β-unsaturated/α-hetero) is 1. The summed E-state index contributed by atoms with van der Waals surface area (Å²) in [5, 5.41) is 0. The van der Waals surface area contributed by atoms with Crippen LogP contribution in [0.5, 0.6) is 0 Å². The third-order valence-electron chi connectivity index (χ3n) is 3.13. The summed E-state index contributed by atoms with van der Waals surface area (Å²) < 4.78 is 4.99. The average Bonchev–Trinajstić information content (AvgIpc) is 2.50. The summed E-state index contributed by atoms with van der Waals surface area (Å²) in [5.74, 6) is -0.473. The summed E-state index contributed by atoms with van der Waals surface area (Å²) in [4.78, 5) is 23.7. The smallest absolute Gasteiger partial charge is 0.309 e. The van der Waals surface area contributed by atoms with Crippen molar-refractivity contribution in [2.75, 3.05) is 6.61 Å². The minimum absolute atomic E-state index is 0.0520. The van der Waals surface area contributed by atoms with Gasteiger partial charge in [-0.25, -0.2) is 0 Å². The van der Waals surface area contributed by atoms with Gasteiger partial charge < -0.3 is 4.74 Å². The Morgan fingerprint density at radius 1 is 1.41 bits per heavy atom. The number of aryl methyl sites for hydroxylation is 1. The Kier molecular flexibility index (Phi) is 3.57. The van der Waals surface area contributed by atoms with Crippen LogP contribution in [0.1, 0.15) is 35.7 Å². The minimum atomic E-state index is -0.283. The molecule has 1 atom stereocenters. The number of hydrogen-bond acceptors (Lipinski definition) is 3. The molecule has 0 saturated carbocycles. The predicted molar refractivity (Wildman–Crippen MR) is 63.8 cm³/mol. The minimum Gasteiger partial charge on any atom is -0.466 e. The molecule has 0 heterocycles. The normalized spacial score (nSPS) is 19.4. The van der Waals surface area contributed by atoms with Crippen molar-refractivity contribution in [3.05, 3.63) is 35.4 Å². The number of esters is 1. The van der Waals surface area contributed by atoms with Crippen LogP contribution < -0.4 is 0 Å². The molecule has 90 valence electrons. The molecule has 0 amide bonds. The van der Waals surface area contributed by atoms with Crippen molar-refractivity contribution >= 4 is 11.8 Å². The van der Waals surface area contributed by atoms with E-state index in [4.69, 9.17) is 4.74 Å². The number of ether oxygens (including phenoxy) is 1. The van der Waals surface area contributed by atoms with Gasteiger partial charge in [-0.3, -0.25) is 9.59 Å². The van der Waals surface area contributed by atoms with Gasteiger partial charge in [0.15, 0.2) is 5.78 Å². The molecule has 0 bridgehead atoms. The quantitative estimate of drug-likeness (QED) is 0.581. The highest BCUT2D eigenvalue weighted by Crippen LogP contribution is 2.25. The van der Waals surface area contributed by atoms with Gasteiger partial charge in [-0.15, -0.1) is 0 Å². The molecule has 3 heteroatoms. The zero-order valence-electron chi connectivity index (χ0n) is 9.94. The molecule has 0 saturated heterocycles. The van der Waals surface area contributed by atoms with E-state index in [-0.39, 0.29) is 24.1 Å². The van der Waals surface area contributed by atoms with Gasteiger partial charge >= 0.3 is 5.97 Å². The van der Waals surface area contributed by atoms with E-state index in [0.29, 0.717) is 13.0 Å². The Balaban J connectivity index is 2.18. The van der Waals surface area contributed by atoms with Crippen molar-refractivity contribution in [1.82, 2.24) is 0 Å². The highest BCUT2D eigenvalue weighted by molar-refractivity contribution is 5.99. The van der Waals surface area contributed by atoms with E-state index in [1.807, 2.05) is 24.3 Å². The molecule has 0 N–H and O–H groups in total. The van der Waals surface area contributed by atoms with Gasteiger partial charge in [0.2, 0.25) is 0 Å². The summed E-state index contributed by atoms with van der Waals surface area (Å²) in [6, 6.07) is 7.59. The summed E-state index contributed by atoms with van der Waals surface area (Å²) in [7, 11) is 0. The summed E-state index contributed by atoms with van der Waals surface area (Å²) in [6.45, 7) is 2.15. The molecule has 2 rings (SSSR count). The van der Waals surface area contributed by atoms with E-state index < -0.39 is 0 Å². The summed E-state index contributed by atoms with van der Waals surface area (Å²) in [6.07, 6.45) is 1.74. The van der Waals surface area contributed by atoms with Crippen LogP contribution >= 0.6 is 0 Å². The van der Waals surface area contributed by atoms with E-state index in [1.165, 1.54) is 0 Å². The van der Waals surface area contributed by atoms with Crippen molar-refractivity contribution in [2.24, 2.45) is 5.92 Å². The molecular weight excluding hydrogens is 216 g/mol. The van der Waals surface area contributed by atoms with Gasteiger partial charge in [-0.1, -0.05) is 24.3 Å². The number of benzene rings is 1. The lowest BCUT2D eigenvalue weighted by Gasteiger charge is -2.11. The van der Waals surface area contributed by atoms with E-state index >= 15 is 0 Å². The first-order valence-electron chi connectivity index (χ1n) is 6.00. The topological polar surface area (TPSA) is 43.4 Å². The molecule has 17 heavy (non-hydrogen) atoms. The second-order valence-corrected chi connectivity index (χ2v) is 4.27. The molecule has 1 aliphatic carbocycles. The number of carbonyl (C=O) groups is 2. The van der Waals surface area contributed by atoms with Crippen molar-refractivity contribution in [2.45, 2.75) is 26.2 Å². The molecule has 0 aliphatic heterocycles. The Labute approximate surface area is 101 Å². The SMILES string of the molecule is CCOC(=O)C1CCc2ccccc2C(=O)C1. The van der Waals surface area contributed by atoms with Crippen molar-refractivity contribution in [3.8, 4) is 0 Å². The van der Waals surface area contributed by atoms with Crippen LogP contribution in [0, 0.1) is 5.92 Å². The van der Waals surface area contributed by atoms with Gasteiger partial charge in [0.1, 0.15) is 0 Å². The lowest BCUT2D eigenvalue weighted by atomic mass is 9.99. The lowest BCUT2D eigenvalue weighted by Crippen LogP contribution is -2.19. The third-order valence-corrected chi connectivity index (χ3v) is 3.13. The molecule has 0 radical (unpaired) electrons. The van der Waals surface area contributed by atoms with Crippen LogP contribution in [0.4, 0.5) is 0 Å². The van der Waals surface area contributed by atoms with Crippen LogP contribution in [-0.4, -0.2) is 18.4 Å². The van der Waals surface area contributed by atoms with Crippen LogP contribution in [-0.2, 0) is 16.0 Å². The third kappa shape index (κ3) is 2.54. The summed E-state index contributed by atoms with van der Waals surface area (Å²) >= 11 is 0. The largest absolute Gasteiger partial charge is 0.466 e. The molecule has 3 nitrogen and oxygen atoms in total. The average molecular weight is 232 g/mol. The van der Waals surface area contributed by atoms with Crippen LogP contribution in [0.15, 0.2) is 24.3 Å². The second kappa shape index (κ2) is 5.13. The highest BCUT2D eigenvalue weighted by atomic mass is 16.5. The molecule has 0 fully saturated rings. The van der Waals surface area contributed by atoms with Crippen LogP contribution in [0.25, 0.3) is 0 Å². The lowest BCUT2D eigenvalue weighted by molar-refractivity contribution is -0.148. The summed E-state index contributed by atoms with van der Waals surface area (Å²) in [5.41, 5.74) is 1.81. The maximum atomic E-state index is 12.0. The standard InChI is InChI=1S/C14H16O3/c1-2-17-14(16)11-8-7-10-5-3-4-6-12(10)13(15)9-11/h3-6,11H,2,7-9H2,1H3. The fourth-order valence-electron chi connectivity index (χ4n) is 2.24. The van der Waals surface area contributed by atoms with Crippen LogP contribution in [0.3, 0.4) is 0 Å². The number of fused-ring (bicyclic) bond motifs is 1. The first kappa shape index (κ1) is 11.8. The van der Waals surface area contributed by atoms with Gasteiger partial charge in [-0.05, 0) is 25.3 Å².